The van der Waals surface area contributed by atoms with Crippen LogP contribution in [0.2, 0.25) is 0 Å². The van der Waals surface area contributed by atoms with Crippen molar-refractivity contribution >= 4 is 17.1 Å². The number of aldehydes is 1. The quantitative estimate of drug-likeness (QED) is 0.661. The van der Waals surface area contributed by atoms with Crippen LogP contribution in [0.1, 0.15) is 10.4 Å². The Morgan fingerprint density at radius 2 is 1.52 bits per heavy atom. The number of para-hydroxylation sites is 1. The molecule has 104 valence electrons. The van der Waals surface area contributed by atoms with E-state index in [-0.39, 0.29) is 0 Å². The van der Waals surface area contributed by atoms with E-state index in [1.54, 1.807) is 19.2 Å². The monoisotopic (exact) mass is 278 g/mol. The summed E-state index contributed by atoms with van der Waals surface area (Å²) in [5.74, 6) is 2.07. The Bertz CT molecular complexity index is 793. The molecule has 0 N–H and O–H groups in total. The van der Waals surface area contributed by atoms with Gasteiger partial charge in [0.15, 0.2) is 6.29 Å². The van der Waals surface area contributed by atoms with Crippen LogP contribution in [0.4, 0.5) is 0 Å². The maximum Gasteiger partial charge on any atom is 0.153 e. The molecule has 3 aromatic carbocycles. The Morgan fingerprint density at radius 3 is 2.24 bits per heavy atom. The fourth-order valence-electron chi connectivity index (χ4n) is 2.19. The van der Waals surface area contributed by atoms with E-state index in [1.165, 1.54) is 0 Å². The zero-order chi connectivity index (χ0) is 14.7. The van der Waals surface area contributed by atoms with Crippen molar-refractivity contribution < 1.29 is 14.3 Å². The highest BCUT2D eigenvalue weighted by molar-refractivity contribution is 5.85. The van der Waals surface area contributed by atoms with E-state index >= 15 is 0 Å². The summed E-state index contributed by atoms with van der Waals surface area (Å²) in [4.78, 5) is 11.0. The SMILES string of the molecule is COc1ccc2cc(Oc3ccccc3C=O)ccc2c1. The predicted octanol–water partition coefficient (Wildman–Crippen LogP) is 4.45. The van der Waals surface area contributed by atoms with E-state index in [1.807, 2.05) is 48.5 Å². The second kappa shape index (κ2) is 5.67. The van der Waals surface area contributed by atoms with Gasteiger partial charge in [-0.25, -0.2) is 0 Å². The van der Waals surface area contributed by atoms with Crippen LogP contribution in [0.15, 0.2) is 60.7 Å². The third kappa shape index (κ3) is 2.72. The van der Waals surface area contributed by atoms with E-state index in [9.17, 15) is 4.79 Å². The normalized spacial score (nSPS) is 10.3. The van der Waals surface area contributed by atoms with Gasteiger partial charge in [0, 0.05) is 0 Å². The predicted molar refractivity (Wildman–Crippen MR) is 82.4 cm³/mol. The molecule has 0 radical (unpaired) electrons. The number of methoxy groups -OCH3 is 1. The molecule has 0 heterocycles. The summed E-state index contributed by atoms with van der Waals surface area (Å²) < 4.78 is 11.0. The van der Waals surface area contributed by atoms with Crippen molar-refractivity contribution in [2.75, 3.05) is 7.11 Å². The lowest BCUT2D eigenvalue weighted by molar-refractivity contribution is 0.112. The van der Waals surface area contributed by atoms with Crippen LogP contribution in [0.3, 0.4) is 0 Å². The van der Waals surface area contributed by atoms with Gasteiger partial charge < -0.3 is 9.47 Å². The van der Waals surface area contributed by atoms with Gasteiger partial charge in [0.1, 0.15) is 17.2 Å². The molecule has 0 atom stereocenters. The van der Waals surface area contributed by atoms with Crippen LogP contribution in [-0.2, 0) is 0 Å². The molecule has 0 bridgehead atoms. The summed E-state index contributed by atoms with van der Waals surface area (Å²) in [5, 5.41) is 2.13. The molecule has 3 rings (SSSR count). The number of carbonyl (C=O) groups is 1. The van der Waals surface area contributed by atoms with Crippen molar-refractivity contribution in [1.82, 2.24) is 0 Å². The van der Waals surface area contributed by atoms with Gasteiger partial charge in [-0.2, -0.15) is 0 Å². The first-order valence-corrected chi connectivity index (χ1v) is 6.60. The molecule has 0 aliphatic heterocycles. The lowest BCUT2D eigenvalue weighted by Gasteiger charge is -2.09. The Balaban J connectivity index is 1.96. The molecule has 0 aromatic heterocycles. The number of carbonyl (C=O) groups excluding carboxylic acids is 1. The van der Waals surface area contributed by atoms with Gasteiger partial charge >= 0.3 is 0 Å². The summed E-state index contributed by atoms with van der Waals surface area (Å²) >= 11 is 0. The van der Waals surface area contributed by atoms with Crippen molar-refractivity contribution in [3.8, 4) is 17.2 Å². The molecule has 0 fully saturated rings. The smallest absolute Gasteiger partial charge is 0.153 e. The minimum atomic E-state index is 0.535. The molecule has 0 spiro atoms. The molecule has 3 nitrogen and oxygen atoms in total. The van der Waals surface area contributed by atoms with Crippen LogP contribution < -0.4 is 9.47 Å². The van der Waals surface area contributed by atoms with E-state index < -0.39 is 0 Å². The first-order chi connectivity index (χ1) is 10.3. The second-order valence-corrected chi connectivity index (χ2v) is 4.63. The van der Waals surface area contributed by atoms with Gasteiger partial charge in [0.25, 0.3) is 0 Å². The number of fused-ring (bicyclic) bond motifs is 1. The lowest BCUT2D eigenvalue weighted by Crippen LogP contribution is -1.90. The Morgan fingerprint density at radius 1 is 0.857 bits per heavy atom. The van der Waals surface area contributed by atoms with Crippen molar-refractivity contribution in [1.29, 1.82) is 0 Å². The molecule has 0 aliphatic rings. The molecule has 3 heteroatoms. The summed E-state index contributed by atoms with van der Waals surface area (Å²) in [7, 11) is 1.65. The average molecular weight is 278 g/mol. The van der Waals surface area contributed by atoms with E-state index in [4.69, 9.17) is 9.47 Å². The van der Waals surface area contributed by atoms with Crippen molar-refractivity contribution in [2.45, 2.75) is 0 Å². The Kier molecular flexibility index (Phi) is 3.56. The van der Waals surface area contributed by atoms with Crippen LogP contribution in [0.5, 0.6) is 17.2 Å². The van der Waals surface area contributed by atoms with E-state index in [0.717, 1.165) is 22.8 Å². The number of hydrogen-bond acceptors (Lipinski definition) is 3. The zero-order valence-corrected chi connectivity index (χ0v) is 11.6. The van der Waals surface area contributed by atoms with Crippen LogP contribution >= 0.6 is 0 Å². The number of hydrogen-bond donors (Lipinski definition) is 0. The molecule has 0 aliphatic carbocycles. The first-order valence-electron chi connectivity index (χ1n) is 6.60. The molecule has 3 aromatic rings. The van der Waals surface area contributed by atoms with Crippen LogP contribution in [0, 0.1) is 0 Å². The van der Waals surface area contributed by atoms with Gasteiger partial charge in [-0.1, -0.05) is 24.3 Å². The molecule has 21 heavy (non-hydrogen) atoms. The summed E-state index contributed by atoms with van der Waals surface area (Å²) in [5.41, 5.74) is 0.535. The molecule has 0 unspecified atom stereocenters. The fourth-order valence-corrected chi connectivity index (χ4v) is 2.19. The largest absolute Gasteiger partial charge is 0.497 e. The minimum Gasteiger partial charge on any atom is -0.497 e. The van der Waals surface area contributed by atoms with Crippen molar-refractivity contribution in [2.24, 2.45) is 0 Å². The standard InChI is InChI=1S/C18H14O3/c1-20-16-8-6-14-11-17(9-7-13(14)10-16)21-18-5-3-2-4-15(18)12-19/h2-12H,1H3. The number of rotatable bonds is 4. The summed E-state index contributed by atoms with van der Waals surface area (Å²) in [6.45, 7) is 0. The topological polar surface area (TPSA) is 35.5 Å². The van der Waals surface area contributed by atoms with Gasteiger partial charge in [-0.05, 0) is 47.2 Å². The second-order valence-electron chi connectivity index (χ2n) is 4.63. The molecule has 0 saturated carbocycles. The number of benzene rings is 3. The fraction of sp³-hybridized carbons (Fsp3) is 0.0556. The van der Waals surface area contributed by atoms with Crippen molar-refractivity contribution in [3.63, 3.8) is 0 Å². The zero-order valence-electron chi connectivity index (χ0n) is 11.6. The summed E-state index contributed by atoms with van der Waals surface area (Å²) in [6.07, 6.45) is 0.793. The van der Waals surface area contributed by atoms with Crippen LogP contribution in [0.25, 0.3) is 10.8 Å². The minimum absolute atomic E-state index is 0.535. The first kappa shape index (κ1) is 13.2. The van der Waals surface area contributed by atoms with Gasteiger partial charge in [-0.15, -0.1) is 0 Å². The maximum atomic E-state index is 11.0. The maximum absolute atomic E-state index is 11.0. The Hall–Kier alpha value is -2.81. The molecular weight excluding hydrogens is 264 g/mol. The third-order valence-electron chi connectivity index (χ3n) is 3.29. The molecular formula is C18H14O3. The van der Waals surface area contributed by atoms with Gasteiger partial charge in [0.2, 0.25) is 0 Å². The Labute approximate surface area is 122 Å². The lowest BCUT2D eigenvalue weighted by atomic mass is 10.1. The highest BCUT2D eigenvalue weighted by Crippen LogP contribution is 2.29. The van der Waals surface area contributed by atoms with Gasteiger partial charge in [0.05, 0.1) is 12.7 Å². The molecule has 0 saturated heterocycles. The third-order valence-corrected chi connectivity index (χ3v) is 3.29. The van der Waals surface area contributed by atoms with E-state index in [2.05, 4.69) is 0 Å². The highest BCUT2D eigenvalue weighted by atomic mass is 16.5. The summed E-state index contributed by atoms with van der Waals surface area (Å²) in [6, 6.07) is 18.8. The van der Waals surface area contributed by atoms with Gasteiger partial charge in [-0.3, -0.25) is 4.79 Å². The average Bonchev–Trinajstić information content (AvgIpc) is 2.55. The van der Waals surface area contributed by atoms with Crippen LogP contribution in [-0.4, -0.2) is 13.4 Å². The van der Waals surface area contributed by atoms with E-state index in [0.29, 0.717) is 17.1 Å². The molecule has 0 amide bonds. The number of ether oxygens (including phenoxy) is 2. The van der Waals surface area contributed by atoms with Crippen molar-refractivity contribution in [3.05, 3.63) is 66.2 Å². The highest BCUT2D eigenvalue weighted by Gasteiger charge is 2.04.